The number of amides is 2. The molecule has 0 bridgehead atoms. The molecule has 2 unspecified atom stereocenters. The van der Waals surface area contributed by atoms with Crippen molar-refractivity contribution in [2.45, 2.75) is 46.9 Å². The summed E-state index contributed by atoms with van der Waals surface area (Å²) in [6, 6.07) is 50.7. The molecule has 0 aliphatic heterocycles. The minimum atomic E-state index is -6.36. The summed E-state index contributed by atoms with van der Waals surface area (Å²) in [4.78, 5) is 25.6. The third kappa shape index (κ3) is 6.87. The molecular weight excluding hydrogens is 921 g/mol. The van der Waals surface area contributed by atoms with Crippen LogP contribution in [0.1, 0.15) is 78.5 Å². The number of allylic oxidation sites excluding steroid dienone is 2. The normalized spacial score (nSPS) is 16.2. The van der Waals surface area contributed by atoms with Gasteiger partial charge in [-0.25, -0.2) is 0 Å². The van der Waals surface area contributed by atoms with Crippen molar-refractivity contribution >= 4 is 57.8 Å². The van der Waals surface area contributed by atoms with Crippen molar-refractivity contribution in [1.29, 1.82) is 0 Å². The Balaban J connectivity index is 1.47. The van der Waals surface area contributed by atoms with Gasteiger partial charge in [-0.05, 0) is 0 Å². The van der Waals surface area contributed by atoms with E-state index in [-0.39, 0.29) is 0 Å². The molecule has 0 saturated heterocycles. The molecule has 4 nitrogen and oxygen atoms in total. The molecule has 6 aromatic rings. The molecule has 6 aromatic carbocycles. The number of halogens is 2. The van der Waals surface area contributed by atoms with Crippen LogP contribution in [0.15, 0.2) is 146 Å². The SMILES string of the molecule is CCCc1ccccc1-c1cccc2c1C=C(c1ccccc1)[CH]2[Hf]([Cl])([Cl])([B](NC=O)NC=O)[CH]1C(c2ccccc2)=Cc2c(-c3ccccc3CCC)cccc21. The van der Waals surface area contributed by atoms with Crippen molar-refractivity contribution in [3.63, 3.8) is 0 Å². The molecule has 2 amide bonds. The summed E-state index contributed by atoms with van der Waals surface area (Å²) in [7, 11) is 17.8. The molecule has 2 aliphatic rings. The number of carbonyl (C=O) groups excluding carboxylic acids is 2. The van der Waals surface area contributed by atoms with Crippen molar-refractivity contribution in [2.24, 2.45) is 0 Å². The summed E-state index contributed by atoms with van der Waals surface area (Å²) in [5.41, 5.74) is 15.1. The molecule has 58 heavy (non-hydrogen) atoms. The Morgan fingerprint density at radius 1 is 0.517 bits per heavy atom. The summed E-state index contributed by atoms with van der Waals surface area (Å²) in [6.07, 6.45) is 9.70. The van der Waals surface area contributed by atoms with Gasteiger partial charge in [0.25, 0.3) is 0 Å². The molecule has 2 N–H and O–H groups in total. The van der Waals surface area contributed by atoms with Crippen molar-refractivity contribution in [1.82, 2.24) is 10.5 Å². The summed E-state index contributed by atoms with van der Waals surface area (Å²) < 4.78 is -2.16. The van der Waals surface area contributed by atoms with Crippen LogP contribution in [0.3, 0.4) is 0 Å². The Morgan fingerprint density at radius 3 is 1.29 bits per heavy atom. The Kier molecular flexibility index (Phi) is 11.6. The fourth-order valence-corrected chi connectivity index (χ4v) is 38.0. The fraction of sp³-hybridized carbons (Fsp3) is 0.160. The van der Waals surface area contributed by atoms with Gasteiger partial charge in [0, 0.05) is 0 Å². The van der Waals surface area contributed by atoms with E-state index in [9.17, 15) is 9.59 Å². The van der Waals surface area contributed by atoms with Crippen LogP contribution in [0.5, 0.6) is 0 Å². The molecule has 0 spiro atoms. The number of nitrogens with one attached hydrogen (secondary N) is 2. The first-order valence-corrected chi connectivity index (χ1v) is 35.4. The van der Waals surface area contributed by atoms with E-state index < -0.39 is 27.8 Å². The average Bonchev–Trinajstić information content (AvgIpc) is 3.87. The Morgan fingerprint density at radius 2 is 0.897 bits per heavy atom. The first kappa shape index (κ1) is 40.1. The second-order valence-electron chi connectivity index (χ2n) is 15.5. The zero-order valence-corrected chi connectivity index (χ0v) is 37.9. The maximum atomic E-state index is 12.8. The van der Waals surface area contributed by atoms with Gasteiger partial charge in [0.1, 0.15) is 0 Å². The first-order chi connectivity index (χ1) is 28.3. The van der Waals surface area contributed by atoms with Crippen LogP contribution < -0.4 is 10.5 Å². The van der Waals surface area contributed by atoms with E-state index in [1.165, 1.54) is 22.3 Å². The molecule has 2 atom stereocenters. The van der Waals surface area contributed by atoms with Gasteiger partial charge in [0.05, 0.1) is 0 Å². The van der Waals surface area contributed by atoms with Crippen molar-refractivity contribution in [2.75, 3.05) is 0 Å². The maximum absolute atomic E-state index is 12.8. The monoisotopic (exact) mass is 967 g/mol. The van der Waals surface area contributed by atoms with Gasteiger partial charge >= 0.3 is 353 Å². The second kappa shape index (κ2) is 16.9. The molecule has 2 aliphatic carbocycles. The number of rotatable bonds is 15. The van der Waals surface area contributed by atoms with Gasteiger partial charge in [-0.3, -0.25) is 0 Å². The number of carbonyl (C=O) groups is 2. The Labute approximate surface area is 350 Å². The summed E-state index contributed by atoms with van der Waals surface area (Å²) in [5.74, 6) is 0. The van der Waals surface area contributed by atoms with E-state index in [0.717, 1.165) is 81.3 Å². The van der Waals surface area contributed by atoms with E-state index in [1.807, 2.05) is 36.4 Å². The van der Waals surface area contributed by atoms with E-state index in [1.54, 1.807) is 0 Å². The molecular formula is C50H46BCl2HfN2O2. The summed E-state index contributed by atoms with van der Waals surface area (Å²) >= 11 is -6.36. The van der Waals surface area contributed by atoms with Crippen LogP contribution in [-0.4, -0.2) is 17.4 Å². The van der Waals surface area contributed by atoms with Crippen molar-refractivity contribution in [3.05, 3.63) is 190 Å². The van der Waals surface area contributed by atoms with Crippen molar-refractivity contribution in [3.8, 4) is 22.3 Å². The van der Waals surface area contributed by atoms with E-state index in [4.69, 9.17) is 17.2 Å². The minimum absolute atomic E-state index is 0.556. The summed E-state index contributed by atoms with van der Waals surface area (Å²) in [6.45, 7) is 4.41. The zero-order chi connectivity index (χ0) is 40.3. The van der Waals surface area contributed by atoms with Crippen LogP contribution >= 0.6 is 17.2 Å². The molecule has 289 valence electrons. The Hall–Kier alpha value is -4.74. The number of hydrogen-bond donors (Lipinski definition) is 2. The molecule has 0 heterocycles. The fourth-order valence-electron chi connectivity index (χ4n) is 9.77. The molecule has 0 fully saturated rings. The van der Waals surface area contributed by atoms with Gasteiger partial charge in [0.2, 0.25) is 0 Å². The molecule has 0 saturated carbocycles. The number of hydrogen-bond acceptors (Lipinski definition) is 2. The average molecular weight is 967 g/mol. The zero-order valence-electron chi connectivity index (χ0n) is 32.8. The second-order valence-corrected chi connectivity index (χ2v) is 45.9. The summed E-state index contributed by atoms with van der Waals surface area (Å²) in [5, 5.41) is 6.05. The van der Waals surface area contributed by atoms with Crippen LogP contribution in [0.2, 0.25) is 0 Å². The van der Waals surface area contributed by atoms with Gasteiger partial charge in [0.15, 0.2) is 0 Å². The van der Waals surface area contributed by atoms with Crippen LogP contribution in [0, 0.1) is 0 Å². The van der Waals surface area contributed by atoms with Gasteiger partial charge in [-0.2, -0.15) is 0 Å². The third-order valence-corrected chi connectivity index (χ3v) is 40.4. The van der Waals surface area contributed by atoms with Crippen molar-refractivity contribution < 1.29 is 25.5 Å². The number of benzene rings is 6. The molecule has 8 heteroatoms. The number of fused-ring (bicyclic) bond motifs is 2. The van der Waals surface area contributed by atoms with E-state index in [2.05, 4.69) is 146 Å². The topological polar surface area (TPSA) is 58.2 Å². The predicted molar refractivity (Wildman–Crippen MR) is 242 cm³/mol. The van der Waals surface area contributed by atoms with Crippen LogP contribution in [-0.2, 0) is 38.3 Å². The first-order valence-electron chi connectivity index (χ1n) is 20.3. The van der Waals surface area contributed by atoms with E-state index in [0.29, 0.717) is 12.8 Å². The van der Waals surface area contributed by atoms with E-state index >= 15 is 0 Å². The van der Waals surface area contributed by atoms with Gasteiger partial charge in [-0.1, -0.05) is 0 Å². The quantitative estimate of drug-likeness (QED) is 0.0796. The van der Waals surface area contributed by atoms with Gasteiger partial charge < -0.3 is 0 Å². The van der Waals surface area contributed by atoms with Gasteiger partial charge in [-0.15, -0.1) is 0 Å². The third-order valence-electron chi connectivity index (χ3n) is 12.1. The van der Waals surface area contributed by atoms with Crippen LogP contribution in [0.4, 0.5) is 0 Å². The Bertz CT molecular complexity index is 2380. The molecule has 8 rings (SSSR count). The number of aryl methyl sites for hydroxylation is 2. The molecule has 0 aromatic heterocycles. The van der Waals surface area contributed by atoms with Crippen LogP contribution in [0.25, 0.3) is 45.6 Å². The standard InChI is InChI=1S/2C24H21.C2H3BN2O2.2ClH.Hf/c2*1-2-9-19-12-6-7-14-22(19)23-15-8-13-20-16-21(17-24(20)23)18-10-4-3-5-11-18;6-1-4-3-5-2-7;;;/h2*3-8,10-17H,2,9H2,1H3;1-2H,(H-,4,5,6,7);2*1H;/q;;;;;+1/p-1. The molecule has 0 radical (unpaired) electrons. The predicted octanol–water partition coefficient (Wildman–Crippen LogP) is 12.3.